The summed E-state index contributed by atoms with van der Waals surface area (Å²) in [6.45, 7) is 7.86. The lowest BCUT2D eigenvalue weighted by Gasteiger charge is -2.46. The summed E-state index contributed by atoms with van der Waals surface area (Å²) in [6, 6.07) is 6.62. The van der Waals surface area contributed by atoms with Gasteiger partial charge in [-0.25, -0.2) is 0 Å². The Morgan fingerprint density at radius 2 is 1.77 bits per heavy atom. The zero-order valence-corrected chi connectivity index (χ0v) is 24.5. The van der Waals surface area contributed by atoms with Crippen LogP contribution in [0.2, 0.25) is 0 Å². The first-order valence-electron chi connectivity index (χ1n) is 15.3. The Bertz CT molecular complexity index is 1080. The molecule has 0 radical (unpaired) electrons. The van der Waals surface area contributed by atoms with Gasteiger partial charge in [-0.1, -0.05) is 44.4 Å². The zero-order chi connectivity index (χ0) is 28.4. The van der Waals surface area contributed by atoms with Crippen LogP contribution in [0.25, 0.3) is 0 Å². The Morgan fingerprint density at radius 3 is 2.52 bits per heavy atom. The number of rotatable bonds is 7. The average molecular weight is 554 g/mol. The summed E-state index contributed by atoms with van der Waals surface area (Å²) in [5.74, 6) is 0.973. The molecule has 3 N–H and O–H groups in total. The SMILES string of the molecule is CN[C@@H](C)C(=O)N[C@H](C(=O)N1C[C@H]2C[C@H](C)[C@H](C)N2C[C@H]1C(=O)N[C@@H]1CCOc2ccccc21)C1CCCCC1. The van der Waals surface area contributed by atoms with E-state index in [9.17, 15) is 14.4 Å². The quantitative estimate of drug-likeness (QED) is 0.480. The predicted molar refractivity (Wildman–Crippen MR) is 154 cm³/mol. The molecule has 3 fully saturated rings. The van der Waals surface area contributed by atoms with Crippen LogP contribution < -0.4 is 20.7 Å². The standard InChI is InChI=1S/C31H47N5O4/c1-19-16-23-17-36(31(39)28(22-10-6-5-7-11-22)34-29(37)20(2)32-4)26(18-35(23)21(19)3)30(38)33-25-14-15-40-27-13-9-8-12-24(25)27/h8-9,12-13,19-23,25-26,28,32H,5-7,10-11,14-18H2,1-4H3,(H,33,38)(H,34,37)/t19-,20-,21-,23+,25+,26-,28-/m0/s1. The molecular formula is C31H47N5O4. The highest BCUT2D eigenvalue weighted by Crippen LogP contribution is 2.36. The van der Waals surface area contributed by atoms with Crippen molar-refractivity contribution in [2.75, 3.05) is 26.7 Å². The smallest absolute Gasteiger partial charge is 0.246 e. The minimum atomic E-state index is -0.620. The van der Waals surface area contributed by atoms with Crippen LogP contribution in [0.3, 0.4) is 0 Å². The molecule has 220 valence electrons. The van der Waals surface area contributed by atoms with E-state index in [4.69, 9.17) is 4.74 Å². The molecular weight excluding hydrogens is 506 g/mol. The number of carbonyl (C=O) groups excluding carboxylic acids is 3. The van der Waals surface area contributed by atoms with Crippen molar-refractivity contribution in [3.63, 3.8) is 0 Å². The van der Waals surface area contributed by atoms with Gasteiger partial charge in [0.15, 0.2) is 0 Å². The third-order valence-corrected chi connectivity index (χ3v) is 10.00. The predicted octanol–water partition coefficient (Wildman–Crippen LogP) is 2.61. The first-order chi connectivity index (χ1) is 19.3. The fourth-order valence-electron chi connectivity index (χ4n) is 7.23. The van der Waals surface area contributed by atoms with E-state index in [0.717, 1.165) is 49.8 Å². The van der Waals surface area contributed by atoms with Crippen LogP contribution in [0.15, 0.2) is 24.3 Å². The van der Waals surface area contributed by atoms with E-state index in [0.29, 0.717) is 38.1 Å². The third-order valence-electron chi connectivity index (χ3n) is 10.00. The molecule has 4 aliphatic rings. The number of piperazine rings is 1. The van der Waals surface area contributed by atoms with Gasteiger partial charge in [0.2, 0.25) is 17.7 Å². The second kappa shape index (κ2) is 12.5. The Balaban J connectivity index is 1.42. The Kier molecular flexibility index (Phi) is 9.00. The summed E-state index contributed by atoms with van der Waals surface area (Å²) in [4.78, 5) is 45.8. The molecule has 7 atom stereocenters. The Morgan fingerprint density at radius 1 is 1.02 bits per heavy atom. The molecule has 2 saturated heterocycles. The van der Waals surface area contributed by atoms with Gasteiger partial charge in [-0.3, -0.25) is 19.3 Å². The van der Waals surface area contributed by atoms with Crippen LogP contribution in [-0.4, -0.2) is 84.5 Å². The Labute approximate surface area is 238 Å². The van der Waals surface area contributed by atoms with Crippen molar-refractivity contribution in [2.24, 2.45) is 11.8 Å². The topological polar surface area (TPSA) is 103 Å². The summed E-state index contributed by atoms with van der Waals surface area (Å²) < 4.78 is 5.82. The fourth-order valence-corrected chi connectivity index (χ4v) is 7.23. The molecule has 1 aromatic carbocycles. The van der Waals surface area contributed by atoms with Crippen LogP contribution in [0, 0.1) is 11.8 Å². The molecule has 9 heteroatoms. The van der Waals surface area contributed by atoms with Crippen molar-refractivity contribution < 1.29 is 19.1 Å². The van der Waals surface area contributed by atoms with Gasteiger partial charge >= 0.3 is 0 Å². The number of para-hydroxylation sites is 1. The highest BCUT2D eigenvalue weighted by molar-refractivity contribution is 5.93. The van der Waals surface area contributed by atoms with Crippen molar-refractivity contribution in [3.05, 3.63) is 29.8 Å². The van der Waals surface area contributed by atoms with E-state index in [-0.39, 0.29) is 35.7 Å². The summed E-state index contributed by atoms with van der Waals surface area (Å²) in [6.07, 6.45) is 6.80. The lowest BCUT2D eigenvalue weighted by Crippen LogP contribution is -2.67. The molecule has 0 bridgehead atoms. The monoisotopic (exact) mass is 553 g/mol. The van der Waals surface area contributed by atoms with Crippen LogP contribution >= 0.6 is 0 Å². The van der Waals surface area contributed by atoms with E-state index in [1.807, 2.05) is 29.2 Å². The van der Waals surface area contributed by atoms with E-state index in [1.165, 1.54) is 0 Å². The summed E-state index contributed by atoms with van der Waals surface area (Å²) in [7, 11) is 1.75. The van der Waals surface area contributed by atoms with E-state index in [2.05, 4.69) is 34.7 Å². The minimum absolute atomic E-state index is 0.0831. The molecule has 1 saturated carbocycles. The normalized spacial score (nSPS) is 30.4. The molecule has 3 heterocycles. The van der Waals surface area contributed by atoms with Crippen LogP contribution in [0.4, 0.5) is 0 Å². The maximum Gasteiger partial charge on any atom is 0.246 e. The number of amides is 3. The van der Waals surface area contributed by atoms with Gasteiger partial charge in [-0.2, -0.15) is 0 Å². The van der Waals surface area contributed by atoms with Crippen LogP contribution in [0.1, 0.15) is 77.3 Å². The number of ether oxygens (including phenoxy) is 1. The van der Waals surface area contributed by atoms with Crippen molar-refractivity contribution in [3.8, 4) is 5.75 Å². The highest BCUT2D eigenvalue weighted by atomic mass is 16.5. The van der Waals surface area contributed by atoms with Crippen molar-refractivity contribution in [1.82, 2.24) is 25.8 Å². The number of benzene rings is 1. The lowest BCUT2D eigenvalue weighted by atomic mass is 9.82. The van der Waals surface area contributed by atoms with Gasteiger partial charge in [-0.15, -0.1) is 0 Å². The third kappa shape index (κ3) is 5.86. The van der Waals surface area contributed by atoms with Crippen molar-refractivity contribution >= 4 is 17.7 Å². The molecule has 3 aliphatic heterocycles. The largest absolute Gasteiger partial charge is 0.493 e. The first kappa shape index (κ1) is 28.9. The van der Waals surface area contributed by atoms with Gasteiger partial charge in [0.25, 0.3) is 0 Å². The number of likely N-dealkylation sites (N-methyl/N-ethyl adjacent to an activating group) is 1. The maximum atomic E-state index is 14.5. The fraction of sp³-hybridized carbons (Fsp3) is 0.710. The lowest BCUT2D eigenvalue weighted by molar-refractivity contribution is -0.150. The van der Waals surface area contributed by atoms with Crippen LogP contribution in [0.5, 0.6) is 5.75 Å². The summed E-state index contributed by atoms with van der Waals surface area (Å²) in [5.41, 5.74) is 0.977. The molecule has 3 amide bonds. The number of hydrogen-bond donors (Lipinski definition) is 3. The molecule has 1 aromatic rings. The molecule has 9 nitrogen and oxygen atoms in total. The second-order valence-corrected chi connectivity index (χ2v) is 12.4. The molecule has 40 heavy (non-hydrogen) atoms. The van der Waals surface area contributed by atoms with E-state index >= 15 is 0 Å². The van der Waals surface area contributed by atoms with Gasteiger partial charge < -0.3 is 25.6 Å². The molecule has 0 unspecified atom stereocenters. The van der Waals surface area contributed by atoms with Gasteiger partial charge in [-0.05, 0) is 58.1 Å². The number of nitrogens with zero attached hydrogens (tertiary/aromatic N) is 2. The van der Waals surface area contributed by atoms with E-state index in [1.54, 1.807) is 14.0 Å². The summed E-state index contributed by atoms with van der Waals surface area (Å²) >= 11 is 0. The molecule has 0 aromatic heterocycles. The van der Waals surface area contributed by atoms with Gasteiger partial charge in [0.1, 0.15) is 17.8 Å². The number of fused-ring (bicyclic) bond motifs is 2. The Hall–Kier alpha value is -2.65. The molecule has 1 aliphatic carbocycles. The van der Waals surface area contributed by atoms with Crippen molar-refractivity contribution in [1.29, 1.82) is 0 Å². The number of carbonyl (C=O) groups is 3. The second-order valence-electron chi connectivity index (χ2n) is 12.4. The minimum Gasteiger partial charge on any atom is -0.493 e. The zero-order valence-electron chi connectivity index (χ0n) is 24.5. The average Bonchev–Trinajstić information content (AvgIpc) is 3.26. The van der Waals surface area contributed by atoms with E-state index < -0.39 is 18.1 Å². The molecule has 0 spiro atoms. The maximum absolute atomic E-state index is 14.5. The first-order valence-corrected chi connectivity index (χ1v) is 15.3. The van der Waals surface area contributed by atoms with Gasteiger partial charge in [0, 0.05) is 37.2 Å². The van der Waals surface area contributed by atoms with Crippen molar-refractivity contribution in [2.45, 2.75) is 102 Å². The van der Waals surface area contributed by atoms with Crippen LogP contribution in [-0.2, 0) is 14.4 Å². The molecule has 5 rings (SSSR count). The summed E-state index contributed by atoms with van der Waals surface area (Å²) in [5, 5.41) is 9.39. The van der Waals surface area contributed by atoms with Gasteiger partial charge in [0.05, 0.1) is 18.7 Å². The highest BCUT2D eigenvalue weighted by Gasteiger charge is 2.48. The number of hydrogen-bond acceptors (Lipinski definition) is 6. The number of nitrogens with one attached hydrogen (secondary N) is 3.